The first-order valence-electron chi connectivity index (χ1n) is 6.13. The van der Waals surface area contributed by atoms with Gasteiger partial charge in [0.05, 0.1) is 6.04 Å². The Morgan fingerprint density at radius 2 is 1.70 bits per heavy atom. The normalized spacial score (nSPS) is 13.6. The van der Waals surface area contributed by atoms with Gasteiger partial charge in [0.1, 0.15) is 6.23 Å². The van der Waals surface area contributed by atoms with E-state index in [1.807, 2.05) is 24.3 Å². The van der Waals surface area contributed by atoms with E-state index in [9.17, 15) is 9.90 Å². The summed E-state index contributed by atoms with van der Waals surface area (Å²) in [6.07, 6.45) is -1.19. The van der Waals surface area contributed by atoms with E-state index in [2.05, 4.69) is 21.2 Å². The number of nitrogens with one attached hydrogen (secondary N) is 1. The van der Waals surface area contributed by atoms with Crippen molar-refractivity contribution in [2.24, 2.45) is 5.73 Å². The molecule has 0 heterocycles. The predicted molar refractivity (Wildman–Crippen MR) is 81.0 cm³/mol. The van der Waals surface area contributed by atoms with Crippen LogP contribution in [0.2, 0.25) is 0 Å². The molecule has 2 aromatic carbocycles. The van der Waals surface area contributed by atoms with Gasteiger partial charge in [-0.05, 0) is 23.8 Å². The molecule has 0 unspecified atom stereocenters. The molecule has 0 radical (unpaired) electrons. The molecule has 0 bridgehead atoms. The SMILES string of the molecule is N[C@@H](O)[C@@H](NC(=O)c1ccccc1)c1ccccc1Br. The summed E-state index contributed by atoms with van der Waals surface area (Å²) in [6, 6.07) is 15.4. The smallest absolute Gasteiger partial charge is 0.251 e. The number of carbonyl (C=O) groups is 1. The van der Waals surface area contributed by atoms with Gasteiger partial charge in [-0.1, -0.05) is 52.3 Å². The molecular weight excluding hydrogens is 320 g/mol. The highest BCUT2D eigenvalue weighted by molar-refractivity contribution is 9.10. The van der Waals surface area contributed by atoms with E-state index in [0.717, 1.165) is 10.0 Å². The molecule has 0 saturated heterocycles. The Balaban J connectivity index is 2.23. The van der Waals surface area contributed by atoms with E-state index in [4.69, 9.17) is 5.73 Å². The number of nitrogens with two attached hydrogens (primary N) is 1. The number of aliphatic hydroxyl groups is 1. The van der Waals surface area contributed by atoms with E-state index in [-0.39, 0.29) is 5.91 Å². The summed E-state index contributed by atoms with van der Waals surface area (Å²) in [4.78, 5) is 12.2. The summed E-state index contributed by atoms with van der Waals surface area (Å²) in [6.45, 7) is 0. The van der Waals surface area contributed by atoms with E-state index in [1.54, 1.807) is 30.3 Å². The molecule has 0 spiro atoms. The molecule has 1 amide bonds. The fraction of sp³-hybridized carbons (Fsp3) is 0.133. The number of amides is 1. The lowest BCUT2D eigenvalue weighted by atomic mass is 10.0. The first kappa shape index (κ1) is 14.7. The quantitative estimate of drug-likeness (QED) is 0.750. The maximum absolute atomic E-state index is 12.2. The predicted octanol–water partition coefficient (Wildman–Crippen LogP) is 2.20. The molecule has 0 saturated carbocycles. The minimum atomic E-state index is -1.19. The molecule has 0 aliphatic heterocycles. The standard InChI is InChI=1S/C15H15BrN2O2/c16-12-9-5-4-8-11(12)13(14(17)19)18-15(20)10-6-2-1-3-7-10/h1-9,13-14,19H,17H2,(H,18,20)/t13-,14-/m0/s1. The lowest BCUT2D eigenvalue weighted by molar-refractivity contribution is 0.0841. The van der Waals surface area contributed by atoms with Crippen molar-refractivity contribution < 1.29 is 9.90 Å². The van der Waals surface area contributed by atoms with Crippen LogP contribution in [0.1, 0.15) is 22.0 Å². The Labute approximate surface area is 125 Å². The van der Waals surface area contributed by atoms with Crippen molar-refractivity contribution in [2.45, 2.75) is 12.3 Å². The molecule has 20 heavy (non-hydrogen) atoms. The Kier molecular flexibility index (Phi) is 4.89. The second-order valence-electron chi connectivity index (χ2n) is 4.33. The Morgan fingerprint density at radius 1 is 1.10 bits per heavy atom. The van der Waals surface area contributed by atoms with Crippen molar-refractivity contribution in [2.75, 3.05) is 0 Å². The van der Waals surface area contributed by atoms with Gasteiger partial charge in [-0.2, -0.15) is 0 Å². The average Bonchev–Trinajstić information content (AvgIpc) is 2.46. The number of halogens is 1. The average molecular weight is 335 g/mol. The molecular formula is C15H15BrN2O2. The zero-order valence-electron chi connectivity index (χ0n) is 10.7. The third-order valence-corrected chi connectivity index (χ3v) is 3.63. The van der Waals surface area contributed by atoms with Crippen molar-refractivity contribution in [1.82, 2.24) is 5.32 Å². The lowest BCUT2D eigenvalue weighted by Gasteiger charge is -2.22. The van der Waals surface area contributed by atoms with Crippen molar-refractivity contribution in [3.63, 3.8) is 0 Å². The molecule has 4 N–H and O–H groups in total. The van der Waals surface area contributed by atoms with Gasteiger partial charge >= 0.3 is 0 Å². The highest BCUT2D eigenvalue weighted by Gasteiger charge is 2.22. The molecule has 0 aliphatic rings. The maximum Gasteiger partial charge on any atom is 0.251 e. The number of rotatable bonds is 4. The number of benzene rings is 2. The summed E-state index contributed by atoms with van der Waals surface area (Å²) in [7, 11) is 0. The summed E-state index contributed by atoms with van der Waals surface area (Å²) in [5, 5.41) is 12.5. The molecule has 104 valence electrons. The van der Waals surface area contributed by atoms with Crippen LogP contribution in [0.3, 0.4) is 0 Å². The van der Waals surface area contributed by atoms with Gasteiger partial charge in [0.25, 0.3) is 5.91 Å². The van der Waals surface area contributed by atoms with Crippen LogP contribution in [0.25, 0.3) is 0 Å². The second-order valence-corrected chi connectivity index (χ2v) is 5.18. The topological polar surface area (TPSA) is 75.3 Å². The summed E-state index contributed by atoms with van der Waals surface area (Å²) in [5.41, 5.74) is 6.83. The monoisotopic (exact) mass is 334 g/mol. The lowest BCUT2D eigenvalue weighted by Crippen LogP contribution is -2.41. The minimum Gasteiger partial charge on any atom is -0.376 e. The molecule has 0 aromatic heterocycles. The van der Waals surface area contributed by atoms with Gasteiger partial charge in [-0.3, -0.25) is 4.79 Å². The van der Waals surface area contributed by atoms with Crippen LogP contribution in [-0.2, 0) is 0 Å². The first-order valence-corrected chi connectivity index (χ1v) is 6.93. The fourth-order valence-electron chi connectivity index (χ4n) is 1.89. The van der Waals surface area contributed by atoms with E-state index in [0.29, 0.717) is 5.56 Å². The van der Waals surface area contributed by atoms with Crippen molar-refractivity contribution in [3.05, 3.63) is 70.2 Å². The Morgan fingerprint density at radius 3 is 2.30 bits per heavy atom. The summed E-state index contributed by atoms with van der Waals surface area (Å²) in [5.74, 6) is -0.282. The number of hydrogen-bond acceptors (Lipinski definition) is 3. The molecule has 2 aromatic rings. The van der Waals surface area contributed by atoms with Crippen LogP contribution >= 0.6 is 15.9 Å². The summed E-state index contributed by atoms with van der Waals surface area (Å²) >= 11 is 3.39. The molecule has 2 rings (SSSR count). The fourth-order valence-corrected chi connectivity index (χ4v) is 2.42. The van der Waals surface area contributed by atoms with Crippen LogP contribution in [0.4, 0.5) is 0 Å². The number of aliphatic hydroxyl groups excluding tert-OH is 1. The van der Waals surface area contributed by atoms with Gasteiger partial charge in [-0.15, -0.1) is 0 Å². The van der Waals surface area contributed by atoms with Crippen LogP contribution in [0.5, 0.6) is 0 Å². The van der Waals surface area contributed by atoms with Crippen molar-refractivity contribution in [1.29, 1.82) is 0 Å². The van der Waals surface area contributed by atoms with Gasteiger partial charge in [0.15, 0.2) is 0 Å². The highest BCUT2D eigenvalue weighted by Crippen LogP contribution is 2.24. The Bertz CT molecular complexity index is 587. The summed E-state index contributed by atoms with van der Waals surface area (Å²) < 4.78 is 0.780. The molecule has 5 heteroatoms. The second kappa shape index (κ2) is 6.65. The highest BCUT2D eigenvalue weighted by atomic mass is 79.9. The van der Waals surface area contributed by atoms with Gasteiger partial charge in [0.2, 0.25) is 0 Å². The molecule has 0 fully saturated rings. The van der Waals surface area contributed by atoms with Crippen LogP contribution in [-0.4, -0.2) is 17.2 Å². The minimum absolute atomic E-state index is 0.282. The third kappa shape index (κ3) is 3.45. The van der Waals surface area contributed by atoms with Gasteiger partial charge in [-0.25, -0.2) is 0 Å². The Hall–Kier alpha value is -1.69. The molecule has 2 atom stereocenters. The van der Waals surface area contributed by atoms with Crippen LogP contribution in [0.15, 0.2) is 59.1 Å². The van der Waals surface area contributed by atoms with E-state index >= 15 is 0 Å². The molecule has 4 nitrogen and oxygen atoms in total. The van der Waals surface area contributed by atoms with Gasteiger partial charge < -0.3 is 16.2 Å². The first-order chi connectivity index (χ1) is 9.59. The van der Waals surface area contributed by atoms with Crippen LogP contribution in [0, 0.1) is 0 Å². The van der Waals surface area contributed by atoms with Crippen molar-refractivity contribution in [3.8, 4) is 0 Å². The van der Waals surface area contributed by atoms with E-state index < -0.39 is 12.3 Å². The largest absolute Gasteiger partial charge is 0.376 e. The zero-order valence-corrected chi connectivity index (χ0v) is 12.2. The zero-order chi connectivity index (χ0) is 14.5. The molecule has 0 aliphatic carbocycles. The third-order valence-electron chi connectivity index (χ3n) is 2.90. The maximum atomic E-state index is 12.2. The number of carbonyl (C=O) groups excluding carboxylic acids is 1. The van der Waals surface area contributed by atoms with E-state index in [1.165, 1.54) is 0 Å². The van der Waals surface area contributed by atoms with Crippen LogP contribution < -0.4 is 11.1 Å². The van der Waals surface area contributed by atoms with Crippen molar-refractivity contribution >= 4 is 21.8 Å². The van der Waals surface area contributed by atoms with Gasteiger partial charge in [0, 0.05) is 10.0 Å². The number of hydrogen-bond donors (Lipinski definition) is 3.